The highest BCUT2D eigenvalue weighted by Crippen LogP contribution is 2.36. The number of amides is 1. The van der Waals surface area contributed by atoms with Gasteiger partial charge >= 0.3 is 0 Å². The molecule has 0 spiro atoms. The summed E-state index contributed by atoms with van der Waals surface area (Å²) in [5.74, 6) is 1.74. The molecule has 1 N–H and O–H groups in total. The van der Waals surface area contributed by atoms with Gasteiger partial charge in [0.1, 0.15) is 5.75 Å². The van der Waals surface area contributed by atoms with E-state index in [9.17, 15) is 4.79 Å². The van der Waals surface area contributed by atoms with E-state index in [1.165, 1.54) is 10.9 Å². The number of methoxy groups -OCH3 is 2. The molecule has 4 rings (SSSR count). The zero-order valence-electron chi connectivity index (χ0n) is 18.5. The molecule has 176 valence electrons. The Morgan fingerprint density at radius 1 is 1.00 bits per heavy atom. The third kappa shape index (κ3) is 5.59. The number of carbonyl (C=O) groups is 1. The molecule has 4 aromatic rings. The van der Waals surface area contributed by atoms with Crippen LogP contribution in [-0.4, -0.2) is 39.7 Å². The molecule has 0 saturated heterocycles. The minimum atomic E-state index is -0.385. The molecule has 0 fully saturated rings. The maximum Gasteiger partial charge on any atom is 0.276 e. The minimum Gasteiger partial charge on any atom is -0.493 e. The largest absolute Gasteiger partial charge is 0.493 e. The fourth-order valence-corrected chi connectivity index (χ4v) is 3.22. The maximum atomic E-state index is 12.6. The lowest BCUT2D eigenvalue weighted by Crippen LogP contribution is -2.14. The number of aromatic nitrogens is 4. The monoisotopic (exact) mass is 483 g/mol. The summed E-state index contributed by atoms with van der Waals surface area (Å²) < 4.78 is 25.1. The molecule has 0 atom stereocenters. The third-order valence-electron chi connectivity index (χ3n) is 4.65. The van der Waals surface area contributed by atoms with E-state index in [1.54, 1.807) is 79.8 Å². The summed E-state index contributed by atoms with van der Waals surface area (Å²) in [7, 11) is 3.09. The number of nitrogens with one attached hydrogen (secondary N) is 1. The number of rotatable bonds is 10. The van der Waals surface area contributed by atoms with Crippen LogP contribution in [0.25, 0.3) is 0 Å². The molecule has 0 unspecified atom stereocenters. The molecule has 10 nitrogen and oxygen atoms in total. The van der Waals surface area contributed by atoms with Crippen LogP contribution in [0.4, 0.5) is 5.69 Å². The lowest BCUT2D eigenvalue weighted by Gasteiger charge is -2.13. The summed E-state index contributed by atoms with van der Waals surface area (Å²) in [6.07, 6.45) is 4.81. The average Bonchev–Trinajstić information content (AvgIpc) is 3.51. The number of hydrogen-bond donors (Lipinski definition) is 1. The molecule has 0 radical (unpaired) electrons. The molecule has 0 aliphatic rings. The topological polar surface area (TPSA) is 102 Å². The van der Waals surface area contributed by atoms with Crippen molar-refractivity contribution in [3.05, 3.63) is 77.8 Å². The van der Waals surface area contributed by atoms with E-state index in [2.05, 4.69) is 15.5 Å². The number of benzene rings is 2. The summed E-state index contributed by atoms with van der Waals surface area (Å²) in [5.41, 5.74) is 0.725. The van der Waals surface area contributed by atoms with Gasteiger partial charge in [0.15, 0.2) is 30.7 Å². The van der Waals surface area contributed by atoms with E-state index in [0.717, 1.165) is 0 Å². The van der Waals surface area contributed by atoms with Crippen molar-refractivity contribution >= 4 is 23.2 Å². The first-order valence-electron chi connectivity index (χ1n) is 10.1. The first-order chi connectivity index (χ1) is 16.6. The van der Waals surface area contributed by atoms with Crippen LogP contribution in [0, 0.1) is 0 Å². The second-order valence-corrected chi connectivity index (χ2v) is 7.40. The lowest BCUT2D eigenvalue weighted by atomic mass is 10.3. The summed E-state index contributed by atoms with van der Waals surface area (Å²) in [6, 6.07) is 14.0. The number of anilines is 1. The number of ether oxygens (including phenoxy) is 4. The van der Waals surface area contributed by atoms with Gasteiger partial charge in [0, 0.05) is 11.2 Å². The number of para-hydroxylation sites is 1. The maximum absolute atomic E-state index is 12.6. The van der Waals surface area contributed by atoms with E-state index >= 15 is 0 Å². The quantitative estimate of drug-likeness (QED) is 0.362. The van der Waals surface area contributed by atoms with Crippen LogP contribution >= 0.6 is 11.6 Å². The smallest absolute Gasteiger partial charge is 0.276 e. The Bertz CT molecular complexity index is 1250. The van der Waals surface area contributed by atoms with E-state index in [-0.39, 0.29) is 25.1 Å². The summed E-state index contributed by atoms with van der Waals surface area (Å²) in [6.45, 7) is 0.220. The van der Waals surface area contributed by atoms with Crippen molar-refractivity contribution in [2.45, 2.75) is 13.5 Å². The van der Waals surface area contributed by atoms with Crippen LogP contribution in [0.3, 0.4) is 0 Å². The van der Waals surface area contributed by atoms with E-state index < -0.39 is 0 Å². The van der Waals surface area contributed by atoms with Crippen LogP contribution < -0.4 is 24.3 Å². The molecule has 0 aliphatic carbocycles. The normalized spacial score (nSPS) is 10.6. The van der Waals surface area contributed by atoms with Gasteiger partial charge in [-0.15, -0.1) is 0 Å². The van der Waals surface area contributed by atoms with Gasteiger partial charge in [0.25, 0.3) is 5.91 Å². The standard InChI is InChI=1S/C23H22ClN5O5/c1-31-20-7-4-8-21(32-2)22(20)34-14-28-10-9-19(27-28)23(30)26-17-12-25-29(13-17)15-33-18-6-3-5-16(24)11-18/h3-13H,14-15H2,1-2H3,(H,26,30). The molecule has 1 amide bonds. The first kappa shape index (κ1) is 23.0. The predicted molar refractivity (Wildman–Crippen MR) is 125 cm³/mol. The fourth-order valence-electron chi connectivity index (χ4n) is 3.04. The number of carbonyl (C=O) groups excluding carboxylic acids is 1. The molecule has 34 heavy (non-hydrogen) atoms. The van der Waals surface area contributed by atoms with Crippen molar-refractivity contribution in [2.24, 2.45) is 0 Å². The molecular weight excluding hydrogens is 462 g/mol. The molecular formula is C23H22ClN5O5. The summed E-state index contributed by atoms with van der Waals surface area (Å²) in [4.78, 5) is 12.6. The number of halogens is 1. The van der Waals surface area contributed by atoms with Gasteiger partial charge < -0.3 is 24.3 Å². The van der Waals surface area contributed by atoms with Crippen molar-refractivity contribution in [1.29, 1.82) is 0 Å². The van der Waals surface area contributed by atoms with Gasteiger partial charge in [-0.25, -0.2) is 9.36 Å². The van der Waals surface area contributed by atoms with Crippen LogP contribution in [-0.2, 0) is 13.5 Å². The van der Waals surface area contributed by atoms with Gasteiger partial charge in [-0.2, -0.15) is 10.2 Å². The Morgan fingerprint density at radius 3 is 2.47 bits per heavy atom. The van der Waals surface area contributed by atoms with Gasteiger partial charge in [0.2, 0.25) is 5.75 Å². The van der Waals surface area contributed by atoms with Gasteiger partial charge in [0.05, 0.1) is 32.3 Å². The highest BCUT2D eigenvalue weighted by atomic mass is 35.5. The third-order valence-corrected chi connectivity index (χ3v) is 4.88. The molecule has 0 aliphatic heterocycles. The fraction of sp³-hybridized carbons (Fsp3) is 0.174. The Labute approximate surface area is 200 Å². The predicted octanol–water partition coefficient (Wildman–Crippen LogP) is 4.08. The van der Waals surface area contributed by atoms with Crippen LogP contribution in [0.5, 0.6) is 23.0 Å². The molecule has 0 bridgehead atoms. The second kappa shape index (κ2) is 10.6. The molecule has 0 saturated carbocycles. The SMILES string of the molecule is COc1cccc(OC)c1OCn1ccc(C(=O)Nc2cnn(COc3cccc(Cl)c3)c2)n1. The summed E-state index contributed by atoms with van der Waals surface area (Å²) >= 11 is 5.95. The van der Waals surface area contributed by atoms with Crippen LogP contribution in [0.15, 0.2) is 67.1 Å². The molecule has 11 heteroatoms. The summed E-state index contributed by atoms with van der Waals surface area (Å²) in [5, 5.41) is 11.8. The van der Waals surface area contributed by atoms with E-state index in [1.807, 2.05) is 0 Å². The van der Waals surface area contributed by atoms with Crippen LogP contribution in [0.2, 0.25) is 5.02 Å². The number of nitrogens with zero attached hydrogens (tertiary/aromatic N) is 4. The first-order valence-corrected chi connectivity index (χ1v) is 10.5. The highest BCUT2D eigenvalue weighted by Gasteiger charge is 2.14. The van der Waals surface area contributed by atoms with Crippen molar-refractivity contribution in [1.82, 2.24) is 19.6 Å². The molecule has 2 heterocycles. The van der Waals surface area contributed by atoms with Gasteiger partial charge in [-0.05, 0) is 36.4 Å². The Hall–Kier alpha value is -4.18. The average molecular weight is 484 g/mol. The Morgan fingerprint density at radius 2 is 1.74 bits per heavy atom. The van der Waals surface area contributed by atoms with Gasteiger partial charge in [-0.3, -0.25) is 4.79 Å². The highest BCUT2D eigenvalue weighted by molar-refractivity contribution is 6.30. The number of hydrogen-bond acceptors (Lipinski definition) is 7. The Kier molecular flexibility index (Phi) is 7.19. The molecule has 2 aromatic carbocycles. The van der Waals surface area contributed by atoms with E-state index in [0.29, 0.717) is 33.7 Å². The van der Waals surface area contributed by atoms with Crippen molar-refractivity contribution in [2.75, 3.05) is 19.5 Å². The lowest BCUT2D eigenvalue weighted by molar-refractivity contribution is 0.102. The zero-order chi connectivity index (χ0) is 23.9. The zero-order valence-corrected chi connectivity index (χ0v) is 19.2. The van der Waals surface area contributed by atoms with Crippen molar-refractivity contribution in [3.63, 3.8) is 0 Å². The van der Waals surface area contributed by atoms with E-state index in [4.69, 9.17) is 30.5 Å². The molecule has 2 aromatic heterocycles. The van der Waals surface area contributed by atoms with Gasteiger partial charge in [-0.1, -0.05) is 23.7 Å². The minimum absolute atomic E-state index is 0.0583. The Balaban J connectivity index is 1.33. The van der Waals surface area contributed by atoms with Crippen molar-refractivity contribution in [3.8, 4) is 23.0 Å². The van der Waals surface area contributed by atoms with Crippen molar-refractivity contribution < 1.29 is 23.7 Å². The van der Waals surface area contributed by atoms with Crippen LogP contribution in [0.1, 0.15) is 10.5 Å². The second-order valence-electron chi connectivity index (χ2n) is 6.96.